The number of aromatic nitrogens is 1. The van der Waals surface area contributed by atoms with Crippen molar-refractivity contribution in [2.45, 2.75) is 13.5 Å². The third-order valence-corrected chi connectivity index (χ3v) is 2.34. The number of aliphatic hydroxyl groups excluding tert-OH is 1. The van der Waals surface area contributed by atoms with Gasteiger partial charge in [0.25, 0.3) is 0 Å². The van der Waals surface area contributed by atoms with Gasteiger partial charge in [-0.2, -0.15) is 0 Å². The second-order valence-electron chi connectivity index (χ2n) is 3.10. The molecule has 17 heavy (non-hydrogen) atoms. The van der Waals surface area contributed by atoms with Gasteiger partial charge in [-0.3, -0.25) is 14.6 Å². The van der Waals surface area contributed by atoms with Gasteiger partial charge in [-0.1, -0.05) is 0 Å². The van der Waals surface area contributed by atoms with Gasteiger partial charge in [-0.15, -0.1) is 0 Å². The second-order valence-corrected chi connectivity index (χ2v) is 4.26. The van der Waals surface area contributed by atoms with Crippen molar-refractivity contribution in [2.24, 2.45) is 0 Å². The minimum absolute atomic E-state index is 0.0484. The lowest BCUT2D eigenvalue weighted by Gasteiger charge is -2.13. The molecule has 0 radical (unpaired) electrons. The van der Waals surface area contributed by atoms with Crippen molar-refractivity contribution in [3.05, 3.63) is 16.8 Å². The number of rotatable bonds is 4. The molecule has 1 rings (SSSR count). The molecule has 0 bridgehead atoms. The number of hydrogen-bond acceptors (Lipinski definition) is 6. The number of phosphoric acid groups is 1. The van der Waals surface area contributed by atoms with Crippen LogP contribution in [0.5, 0.6) is 11.6 Å². The number of pyridine rings is 1. The highest BCUT2D eigenvalue weighted by Gasteiger charge is 2.24. The fraction of sp³-hybridized carbons (Fsp3) is 0.250. The highest BCUT2D eigenvalue weighted by molar-refractivity contribution is 7.46. The summed E-state index contributed by atoms with van der Waals surface area (Å²) in [6.07, 6.45) is 0.238. The summed E-state index contributed by atoms with van der Waals surface area (Å²) in [7, 11) is -4.86. The molecule has 0 amide bonds. The van der Waals surface area contributed by atoms with Crippen LogP contribution >= 0.6 is 7.82 Å². The number of hydrogen-bond donors (Lipinski definition) is 4. The lowest BCUT2D eigenvalue weighted by atomic mass is 10.1. The summed E-state index contributed by atoms with van der Waals surface area (Å²) in [4.78, 5) is 31.5. The molecule has 9 heteroatoms. The molecule has 0 aliphatic carbocycles. The van der Waals surface area contributed by atoms with Gasteiger partial charge in [-0.25, -0.2) is 9.55 Å². The smallest absolute Gasteiger partial charge is 0.505 e. The van der Waals surface area contributed by atoms with E-state index in [0.717, 1.165) is 0 Å². The Labute approximate surface area is 95.7 Å². The van der Waals surface area contributed by atoms with Gasteiger partial charge in [0, 0.05) is 0 Å². The first-order valence-corrected chi connectivity index (χ1v) is 5.86. The van der Waals surface area contributed by atoms with Crippen LogP contribution in [0.15, 0.2) is 0 Å². The molecule has 0 fully saturated rings. The Morgan fingerprint density at radius 1 is 1.47 bits per heavy atom. The summed E-state index contributed by atoms with van der Waals surface area (Å²) in [6.45, 7) is 0.556. The van der Waals surface area contributed by atoms with Crippen molar-refractivity contribution >= 4 is 14.1 Å². The van der Waals surface area contributed by atoms with Crippen molar-refractivity contribution in [2.75, 3.05) is 0 Å². The predicted octanol–water partition coefficient (Wildman–Crippen LogP) is -0.128. The van der Waals surface area contributed by atoms with Gasteiger partial charge < -0.3 is 14.7 Å². The molecule has 0 unspecified atom stereocenters. The van der Waals surface area contributed by atoms with Crippen LogP contribution in [-0.2, 0) is 11.2 Å². The third kappa shape index (κ3) is 3.01. The first-order chi connectivity index (χ1) is 7.80. The monoisotopic (exact) mass is 263 g/mol. The van der Waals surface area contributed by atoms with Gasteiger partial charge in [0.15, 0.2) is 6.29 Å². The van der Waals surface area contributed by atoms with E-state index in [1.807, 2.05) is 0 Å². The van der Waals surface area contributed by atoms with Crippen LogP contribution in [0.2, 0.25) is 0 Å². The number of aromatic hydroxyl groups is 1. The molecule has 0 aliphatic heterocycles. The Kier molecular flexibility index (Phi) is 3.84. The average Bonchev–Trinajstić information content (AvgIpc) is 2.20. The Balaban J connectivity index is 3.45. The molecule has 8 nitrogen and oxygen atoms in total. The number of carbonyl (C=O) groups excluding carboxylic acids is 1. The molecule has 0 aromatic carbocycles. The largest absolute Gasteiger partial charge is 0.526 e. The van der Waals surface area contributed by atoms with E-state index < -0.39 is 26.1 Å². The van der Waals surface area contributed by atoms with Crippen LogP contribution in [0.25, 0.3) is 0 Å². The minimum Gasteiger partial charge on any atom is -0.505 e. The Morgan fingerprint density at radius 3 is 2.47 bits per heavy atom. The SMILES string of the molecule is Cc1nc(OP(=O)(O)O)c(CO)c(C=O)c1O. The zero-order chi connectivity index (χ0) is 13.2. The summed E-state index contributed by atoms with van der Waals surface area (Å²) >= 11 is 0. The number of phosphoric ester groups is 1. The van der Waals surface area contributed by atoms with Crippen LogP contribution in [0.3, 0.4) is 0 Å². The van der Waals surface area contributed by atoms with E-state index in [4.69, 9.17) is 14.9 Å². The molecule has 4 N–H and O–H groups in total. The molecule has 0 saturated carbocycles. The average molecular weight is 263 g/mol. The zero-order valence-electron chi connectivity index (χ0n) is 8.69. The maximum absolute atomic E-state index is 10.7. The molecule has 1 aromatic heterocycles. The third-order valence-electron chi connectivity index (χ3n) is 1.93. The molecule has 0 saturated heterocycles. The van der Waals surface area contributed by atoms with Gasteiger partial charge in [0.1, 0.15) is 5.75 Å². The van der Waals surface area contributed by atoms with Crippen molar-refractivity contribution in [3.8, 4) is 11.6 Å². The molecule has 0 atom stereocenters. The van der Waals surface area contributed by atoms with Crippen LogP contribution in [0.4, 0.5) is 0 Å². The Bertz CT molecular complexity index is 495. The van der Waals surface area contributed by atoms with Gasteiger partial charge in [0.2, 0.25) is 5.88 Å². The standard InChI is InChI=1S/C8H10NO7P/c1-4-7(12)5(2-10)6(3-11)8(9-4)16-17(13,14)15/h2,11-12H,3H2,1H3,(H2,13,14,15). The number of nitrogens with zero attached hydrogens (tertiary/aromatic N) is 1. The van der Waals surface area contributed by atoms with Gasteiger partial charge >= 0.3 is 7.82 Å². The minimum atomic E-state index is -4.86. The summed E-state index contributed by atoms with van der Waals surface area (Å²) in [6, 6.07) is 0. The highest BCUT2D eigenvalue weighted by atomic mass is 31.2. The molecule has 0 aliphatic rings. The number of carbonyl (C=O) groups is 1. The Morgan fingerprint density at radius 2 is 2.06 bits per heavy atom. The molecule has 94 valence electrons. The number of aryl methyl sites for hydroxylation is 1. The highest BCUT2D eigenvalue weighted by Crippen LogP contribution is 2.40. The van der Waals surface area contributed by atoms with Crippen LogP contribution < -0.4 is 4.52 Å². The van der Waals surface area contributed by atoms with E-state index in [1.165, 1.54) is 6.92 Å². The van der Waals surface area contributed by atoms with E-state index in [2.05, 4.69) is 9.51 Å². The van der Waals surface area contributed by atoms with E-state index >= 15 is 0 Å². The topological polar surface area (TPSA) is 137 Å². The zero-order valence-corrected chi connectivity index (χ0v) is 9.59. The lowest BCUT2D eigenvalue weighted by molar-refractivity contribution is 0.111. The van der Waals surface area contributed by atoms with Crippen LogP contribution in [-0.4, -0.2) is 31.3 Å². The van der Waals surface area contributed by atoms with E-state index in [9.17, 15) is 14.5 Å². The maximum Gasteiger partial charge on any atom is 0.526 e. The summed E-state index contributed by atoms with van der Waals surface area (Å²) in [5.41, 5.74) is -0.650. The molecule has 0 spiro atoms. The maximum atomic E-state index is 10.7. The number of aliphatic hydroxyl groups is 1. The second kappa shape index (κ2) is 4.80. The molecular formula is C8H10NO7P. The lowest BCUT2D eigenvalue weighted by Crippen LogP contribution is -2.04. The Hall–Kier alpha value is -1.47. The first-order valence-electron chi connectivity index (χ1n) is 4.33. The van der Waals surface area contributed by atoms with Crippen LogP contribution in [0, 0.1) is 6.92 Å². The molecule has 1 heterocycles. The first kappa shape index (κ1) is 13.6. The molecular weight excluding hydrogens is 253 g/mol. The summed E-state index contributed by atoms with van der Waals surface area (Å²) in [5.74, 6) is -1.06. The van der Waals surface area contributed by atoms with Crippen molar-refractivity contribution in [1.29, 1.82) is 0 Å². The summed E-state index contributed by atoms with van der Waals surface area (Å²) in [5, 5.41) is 18.5. The van der Waals surface area contributed by atoms with Gasteiger partial charge in [-0.05, 0) is 6.92 Å². The summed E-state index contributed by atoms with van der Waals surface area (Å²) < 4.78 is 14.9. The molecule has 1 aromatic rings. The fourth-order valence-electron chi connectivity index (χ4n) is 1.19. The normalized spacial score (nSPS) is 11.3. The van der Waals surface area contributed by atoms with Crippen molar-refractivity contribution in [3.63, 3.8) is 0 Å². The van der Waals surface area contributed by atoms with E-state index in [-0.39, 0.29) is 23.1 Å². The van der Waals surface area contributed by atoms with E-state index in [1.54, 1.807) is 0 Å². The van der Waals surface area contributed by atoms with Crippen molar-refractivity contribution in [1.82, 2.24) is 4.98 Å². The van der Waals surface area contributed by atoms with Gasteiger partial charge in [0.05, 0.1) is 23.4 Å². The predicted molar refractivity (Wildman–Crippen MR) is 54.6 cm³/mol. The quantitative estimate of drug-likeness (QED) is 0.435. The number of aldehydes is 1. The van der Waals surface area contributed by atoms with Crippen LogP contribution in [0.1, 0.15) is 21.6 Å². The van der Waals surface area contributed by atoms with E-state index in [0.29, 0.717) is 0 Å². The van der Waals surface area contributed by atoms with Crippen molar-refractivity contribution < 1.29 is 33.9 Å². The fourth-order valence-corrected chi connectivity index (χ4v) is 1.57.